The Kier molecular flexibility index (Phi) is 7.27. The molecule has 0 saturated heterocycles. The molecule has 0 aliphatic carbocycles. The minimum atomic E-state index is 0.0310. The van der Waals surface area contributed by atoms with Gasteiger partial charge in [-0.2, -0.15) is 0 Å². The quantitative estimate of drug-likeness (QED) is 0.662. The van der Waals surface area contributed by atoms with E-state index in [2.05, 4.69) is 27.7 Å². The molecule has 0 aliphatic heterocycles. The van der Waals surface area contributed by atoms with Crippen LogP contribution >= 0.6 is 23.2 Å². The van der Waals surface area contributed by atoms with Gasteiger partial charge in [-0.05, 0) is 35.6 Å². The van der Waals surface area contributed by atoms with Gasteiger partial charge in [-0.1, -0.05) is 57.0 Å². The fourth-order valence-electron chi connectivity index (χ4n) is 2.02. The summed E-state index contributed by atoms with van der Waals surface area (Å²) in [6.45, 7) is 9.99. The second-order valence-corrected chi connectivity index (χ2v) is 6.85. The van der Waals surface area contributed by atoms with Crippen LogP contribution in [0.25, 0.3) is 6.08 Å². The van der Waals surface area contributed by atoms with E-state index in [0.717, 1.165) is 18.7 Å². The van der Waals surface area contributed by atoms with Gasteiger partial charge in [-0.25, -0.2) is 0 Å². The van der Waals surface area contributed by atoms with Crippen LogP contribution in [-0.4, -0.2) is 23.9 Å². The maximum Gasteiger partial charge on any atom is 0.246 e. The highest BCUT2D eigenvalue weighted by Crippen LogP contribution is 2.23. The highest BCUT2D eigenvalue weighted by molar-refractivity contribution is 6.42. The molecule has 0 fully saturated rings. The molecular weight excluding hydrogens is 305 g/mol. The number of halogens is 2. The fourth-order valence-corrected chi connectivity index (χ4v) is 2.33. The normalized spacial score (nSPS) is 11.6. The van der Waals surface area contributed by atoms with E-state index in [1.807, 2.05) is 11.0 Å². The van der Waals surface area contributed by atoms with E-state index in [1.54, 1.807) is 24.3 Å². The summed E-state index contributed by atoms with van der Waals surface area (Å²) >= 11 is 11.8. The molecule has 1 rings (SSSR count). The highest BCUT2D eigenvalue weighted by atomic mass is 35.5. The van der Waals surface area contributed by atoms with Gasteiger partial charge in [0.2, 0.25) is 5.91 Å². The Morgan fingerprint density at radius 3 is 2.14 bits per heavy atom. The van der Waals surface area contributed by atoms with Gasteiger partial charge in [0, 0.05) is 19.2 Å². The van der Waals surface area contributed by atoms with E-state index in [9.17, 15) is 4.79 Å². The van der Waals surface area contributed by atoms with Crippen LogP contribution in [0.3, 0.4) is 0 Å². The zero-order chi connectivity index (χ0) is 16.0. The second kappa shape index (κ2) is 8.45. The molecule has 2 nitrogen and oxygen atoms in total. The summed E-state index contributed by atoms with van der Waals surface area (Å²) in [5.74, 6) is 0.931. The van der Waals surface area contributed by atoms with Gasteiger partial charge >= 0.3 is 0 Å². The molecule has 0 unspecified atom stereocenters. The molecule has 116 valence electrons. The molecule has 0 heterocycles. The number of carbonyl (C=O) groups is 1. The maximum absolute atomic E-state index is 12.3. The van der Waals surface area contributed by atoms with Crippen LogP contribution in [0.5, 0.6) is 0 Å². The molecule has 0 atom stereocenters. The van der Waals surface area contributed by atoms with Gasteiger partial charge < -0.3 is 4.90 Å². The van der Waals surface area contributed by atoms with Gasteiger partial charge in [0.1, 0.15) is 0 Å². The molecule has 21 heavy (non-hydrogen) atoms. The zero-order valence-electron chi connectivity index (χ0n) is 13.1. The Labute approximate surface area is 137 Å². The molecule has 0 spiro atoms. The Bertz CT molecular complexity index is 500. The summed E-state index contributed by atoms with van der Waals surface area (Å²) < 4.78 is 0. The van der Waals surface area contributed by atoms with Crippen LogP contribution in [0, 0.1) is 11.8 Å². The second-order valence-electron chi connectivity index (χ2n) is 6.04. The lowest BCUT2D eigenvalue weighted by atomic mass is 10.1. The molecule has 1 amide bonds. The standard InChI is InChI=1S/C17H23Cl2NO/c1-12(2)10-20(11-13(3)4)17(21)8-6-14-5-7-15(18)16(19)9-14/h5-9,12-13H,10-11H2,1-4H3/b8-6+. The summed E-state index contributed by atoms with van der Waals surface area (Å²) in [6.07, 6.45) is 3.38. The number of hydrogen-bond donors (Lipinski definition) is 0. The number of nitrogens with zero attached hydrogens (tertiary/aromatic N) is 1. The summed E-state index contributed by atoms with van der Waals surface area (Å²) in [7, 11) is 0. The average Bonchev–Trinajstić information content (AvgIpc) is 2.38. The van der Waals surface area contributed by atoms with E-state index in [0.29, 0.717) is 21.9 Å². The van der Waals surface area contributed by atoms with Gasteiger partial charge in [-0.15, -0.1) is 0 Å². The molecule has 0 aromatic heterocycles. The first-order valence-corrected chi connectivity index (χ1v) is 7.97. The lowest BCUT2D eigenvalue weighted by Crippen LogP contribution is -2.35. The third kappa shape index (κ3) is 6.54. The van der Waals surface area contributed by atoms with Crippen molar-refractivity contribution in [1.29, 1.82) is 0 Å². The first kappa shape index (κ1) is 18.1. The Morgan fingerprint density at radius 2 is 1.67 bits per heavy atom. The first-order valence-electron chi connectivity index (χ1n) is 7.21. The van der Waals surface area contributed by atoms with Crippen molar-refractivity contribution < 1.29 is 4.79 Å². The molecule has 0 bridgehead atoms. The van der Waals surface area contributed by atoms with Crippen molar-refractivity contribution in [3.05, 3.63) is 39.9 Å². The predicted octanol–water partition coefficient (Wildman–Crippen LogP) is 5.15. The largest absolute Gasteiger partial charge is 0.339 e. The number of carbonyl (C=O) groups excluding carboxylic acids is 1. The zero-order valence-corrected chi connectivity index (χ0v) is 14.6. The van der Waals surface area contributed by atoms with Crippen LogP contribution in [0.15, 0.2) is 24.3 Å². The number of amides is 1. The van der Waals surface area contributed by atoms with Crippen molar-refractivity contribution in [1.82, 2.24) is 4.90 Å². The maximum atomic E-state index is 12.3. The molecule has 0 saturated carbocycles. The first-order chi connectivity index (χ1) is 9.79. The lowest BCUT2D eigenvalue weighted by molar-refractivity contribution is -0.127. The third-order valence-corrected chi connectivity index (χ3v) is 3.58. The average molecular weight is 328 g/mol. The number of rotatable bonds is 6. The number of hydrogen-bond acceptors (Lipinski definition) is 1. The summed E-state index contributed by atoms with van der Waals surface area (Å²) in [6, 6.07) is 5.32. The SMILES string of the molecule is CC(C)CN(CC(C)C)C(=O)/C=C/c1ccc(Cl)c(Cl)c1. The van der Waals surface area contributed by atoms with Crippen molar-refractivity contribution in [3.8, 4) is 0 Å². The van der Waals surface area contributed by atoms with Gasteiger partial charge in [0.05, 0.1) is 10.0 Å². The minimum Gasteiger partial charge on any atom is -0.339 e. The molecule has 0 radical (unpaired) electrons. The van der Waals surface area contributed by atoms with Crippen LogP contribution in [0.1, 0.15) is 33.3 Å². The van der Waals surface area contributed by atoms with Gasteiger partial charge in [-0.3, -0.25) is 4.79 Å². The molecule has 0 aliphatic rings. The minimum absolute atomic E-state index is 0.0310. The van der Waals surface area contributed by atoms with Crippen LogP contribution in [0.4, 0.5) is 0 Å². The lowest BCUT2D eigenvalue weighted by Gasteiger charge is -2.25. The molecule has 4 heteroatoms. The van der Waals surface area contributed by atoms with Crippen LogP contribution in [-0.2, 0) is 4.79 Å². The van der Waals surface area contributed by atoms with E-state index < -0.39 is 0 Å². The monoisotopic (exact) mass is 327 g/mol. The topological polar surface area (TPSA) is 20.3 Å². The third-order valence-electron chi connectivity index (χ3n) is 2.84. The molecule has 1 aromatic rings. The van der Waals surface area contributed by atoms with Crippen molar-refractivity contribution >= 4 is 35.2 Å². The highest BCUT2D eigenvalue weighted by Gasteiger charge is 2.13. The Balaban J connectivity index is 2.79. The Hall–Kier alpha value is -0.990. The van der Waals surface area contributed by atoms with Crippen molar-refractivity contribution in [2.24, 2.45) is 11.8 Å². The van der Waals surface area contributed by atoms with Crippen molar-refractivity contribution in [2.45, 2.75) is 27.7 Å². The molecule has 1 aromatic carbocycles. The van der Waals surface area contributed by atoms with E-state index in [4.69, 9.17) is 23.2 Å². The molecular formula is C17H23Cl2NO. The fraction of sp³-hybridized carbons (Fsp3) is 0.471. The summed E-state index contributed by atoms with van der Waals surface area (Å²) in [5, 5.41) is 1.01. The van der Waals surface area contributed by atoms with Crippen molar-refractivity contribution in [2.75, 3.05) is 13.1 Å². The van der Waals surface area contributed by atoms with Gasteiger partial charge in [0.25, 0.3) is 0 Å². The van der Waals surface area contributed by atoms with E-state index in [1.165, 1.54) is 0 Å². The van der Waals surface area contributed by atoms with Gasteiger partial charge in [0.15, 0.2) is 0 Å². The van der Waals surface area contributed by atoms with Crippen LogP contribution in [0.2, 0.25) is 10.0 Å². The number of benzene rings is 1. The Morgan fingerprint density at radius 1 is 1.10 bits per heavy atom. The van der Waals surface area contributed by atoms with Crippen molar-refractivity contribution in [3.63, 3.8) is 0 Å². The van der Waals surface area contributed by atoms with Crippen LogP contribution < -0.4 is 0 Å². The predicted molar refractivity (Wildman–Crippen MR) is 91.8 cm³/mol. The van der Waals surface area contributed by atoms with E-state index in [-0.39, 0.29) is 5.91 Å². The molecule has 0 N–H and O–H groups in total. The summed E-state index contributed by atoms with van der Waals surface area (Å²) in [5.41, 5.74) is 0.867. The van der Waals surface area contributed by atoms with E-state index >= 15 is 0 Å². The summed E-state index contributed by atoms with van der Waals surface area (Å²) in [4.78, 5) is 14.2. The smallest absolute Gasteiger partial charge is 0.246 e.